The fraction of sp³-hybridized carbons (Fsp3) is 0.447. The average Bonchev–Trinajstić information content (AvgIpc) is 3.99. The first kappa shape index (κ1) is 46.7. The molecule has 0 spiro atoms. The van der Waals surface area contributed by atoms with Gasteiger partial charge in [0.2, 0.25) is 11.6 Å². The maximum atomic E-state index is 15.1. The molecule has 2 aromatic carbocycles. The SMILES string of the molecule is COc1ccccc1Oc1c(OCCO)nc(-c2ncccn2)nc1N(C(C)(C)OC(=O)OCCCCCC(CON(O)O)ON(O)O)S(=O)(=O)c1ccc(C2(C)CC2)cc1. The van der Waals surface area contributed by atoms with Crippen LogP contribution < -0.4 is 18.5 Å². The van der Waals surface area contributed by atoms with E-state index >= 15 is 8.42 Å². The van der Waals surface area contributed by atoms with Crippen LogP contribution in [0.2, 0.25) is 0 Å². The van der Waals surface area contributed by atoms with Gasteiger partial charge in [-0.15, -0.1) is 0 Å². The fourth-order valence-electron chi connectivity index (χ4n) is 6.01. The van der Waals surface area contributed by atoms with Crippen LogP contribution in [0.5, 0.6) is 23.1 Å². The number of hydrogen-bond donors (Lipinski definition) is 5. The van der Waals surface area contributed by atoms with Gasteiger partial charge in [-0.2, -0.15) is 4.98 Å². The normalized spacial score (nSPS) is 14.1. The summed E-state index contributed by atoms with van der Waals surface area (Å²) in [5.41, 5.74) is -1.28. The summed E-state index contributed by atoms with van der Waals surface area (Å²) < 4.78 is 59.9. The van der Waals surface area contributed by atoms with Gasteiger partial charge in [0.05, 0.1) is 36.0 Å². The number of anilines is 1. The summed E-state index contributed by atoms with van der Waals surface area (Å²) in [7, 11) is -3.36. The lowest BCUT2D eigenvalue weighted by Crippen LogP contribution is -2.51. The zero-order chi connectivity index (χ0) is 44.2. The molecule has 332 valence electrons. The van der Waals surface area contributed by atoms with Crippen molar-refractivity contribution in [2.75, 3.05) is 37.8 Å². The summed E-state index contributed by atoms with van der Waals surface area (Å²) in [6.45, 7) is 3.30. The Hall–Kier alpha value is -5.34. The van der Waals surface area contributed by atoms with Gasteiger partial charge >= 0.3 is 6.16 Å². The van der Waals surface area contributed by atoms with E-state index in [2.05, 4.69) is 31.7 Å². The number of nitrogens with zero attached hydrogens (tertiary/aromatic N) is 7. The van der Waals surface area contributed by atoms with Crippen molar-refractivity contribution in [1.29, 1.82) is 0 Å². The molecular weight excluding hydrogens is 827 g/mol. The van der Waals surface area contributed by atoms with Crippen LogP contribution in [0, 0.1) is 0 Å². The molecule has 1 aliphatic rings. The Morgan fingerprint density at radius 1 is 0.885 bits per heavy atom. The molecule has 5 N–H and O–H groups in total. The maximum Gasteiger partial charge on any atom is 0.510 e. The lowest BCUT2D eigenvalue weighted by atomic mass is 9.99. The topological polar surface area (TPSA) is 278 Å². The molecular formula is C38H49N7O15S. The number of benzene rings is 2. The number of sulfonamides is 1. The molecule has 1 fully saturated rings. The van der Waals surface area contributed by atoms with E-state index in [0.29, 0.717) is 12.8 Å². The first-order chi connectivity index (χ1) is 29.1. The van der Waals surface area contributed by atoms with Crippen LogP contribution >= 0.6 is 0 Å². The zero-order valence-corrected chi connectivity index (χ0v) is 34.7. The van der Waals surface area contributed by atoms with E-state index in [9.17, 15) is 9.90 Å². The van der Waals surface area contributed by atoms with Crippen molar-refractivity contribution in [2.45, 2.75) is 81.4 Å². The molecule has 1 aliphatic carbocycles. The highest BCUT2D eigenvalue weighted by atomic mass is 32.2. The number of aliphatic hydroxyl groups excluding tert-OH is 1. The molecule has 1 atom stereocenters. The second-order valence-corrected chi connectivity index (χ2v) is 16.1. The van der Waals surface area contributed by atoms with Crippen LogP contribution in [-0.2, 0) is 34.6 Å². The zero-order valence-electron chi connectivity index (χ0n) is 33.9. The molecule has 0 saturated heterocycles. The van der Waals surface area contributed by atoms with Gasteiger partial charge < -0.3 is 28.8 Å². The fourth-order valence-corrected chi connectivity index (χ4v) is 7.67. The van der Waals surface area contributed by atoms with Crippen molar-refractivity contribution in [3.05, 3.63) is 72.6 Å². The predicted octanol–water partition coefficient (Wildman–Crippen LogP) is 5.19. The Bertz CT molecular complexity index is 2150. The molecule has 2 heterocycles. The second kappa shape index (κ2) is 21.0. The summed E-state index contributed by atoms with van der Waals surface area (Å²) in [4.78, 5) is 40.0. The molecule has 0 bridgehead atoms. The Labute approximate surface area is 351 Å². The number of para-hydroxylation sites is 2. The molecule has 0 amide bonds. The molecule has 1 unspecified atom stereocenters. The van der Waals surface area contributed by atoms with E-state index in [1.54, 1.807) is 42.5 Å². The van der Waals surface area contributed by atoms with Gasteiger partial charge in [-0.1, -0.05) is 37.6 Å². The van der Waals surface area contributed by atoms with Gasteiger partial charge in [-0.25, -0.2) is 42.1 Å². The van der Waals surface area contributed by atoms with Crippen LogP contribution in [-0.4, -0.2) is 117 Å². The number of rotatable bonds is 24. The van der Waals surface area contributed by atoms with Crippen LogP contribution in [0.15, 0.2) is 71.9 Å². The van der Waals surface area contributed by atoms with Crippen molar-refractivity contribution in [3.8, 4) is 34.8 Å². The first-order valence-corrected chi connectivity index (χ1v) is 20.4. The quantitative estimate of drug-likeness (QED) is 0.0262. The number of aromatic nitrogens is 4. The van der Waals surface area contributed by atoms with Gasteiger partial charge in [-0.3, -0.25) is 20.8 Å². The first-order valence-electron chi connectivity index (χ1n) is 19.0. The minimum Gasteiger partial charge on any atom is -0.493 e. The van der Waals surface area contributed by atoms with Crippen molar-refractivity contribution >= 4 is 22.0 Å². The highest BCUT2D eigenvalue weighted by Crippen LogP contribution is 2.49. The Balaban J connectivity index is 1.52. The Morgan fingerprint density at radius 2 is 1.57 bits per heavy atom. The number of hydrogen-bond acceptors (Lipinski definition) is 21. The van der Waals surface area contributed by atoms with E-state index in [-0.39, 0.29) is 71.1 Å². The lowest BCUT2D eigenvalue weighted by Gasteiger charge is -2.37. The standard InChI is InChI=1S/C38H49N7O15S/c1-37(2,59-36(47)56-23-9-5-6-11-27(60-45(50)51)25-57-44(48)49)43(61(52,53)28-16-14-26(15-17-28)38(3)18-19-38)34-31(58-30-13-8-7-12-29(30)54-4)35(55-24-22-46)42-33(41-34)32-39-20-10-21-40-32/h7-8,10,12-17,20-21,27,46,48-51H,5-6,9,11,18-19,22-25H2,1-4H3. The number of carbonyl (C=O) groups is 1. The molecule has 23 heteroatoms. The molecule has 0 radical (unpaired) electrons. The van der Waals surface area contributed by atoms with Crippen molar-refractivity contribution in [2.24, 2.45) is 0 Å². The van der Waals surface area contributed by atoms with Gasteiger partial charge in [0, 0.05) is 12.4 Å². The summed E-state index contributed by atoms with van der Waals surface area (Å²) >= 11 is 0. The van der Waals surface area contributed by atoms with Gasteiger partial charge in [0.25, 0.3) is 15.9 Å². The molecule has 0 aliphatic heterocycles. The van der Waals surface area contributed by atoms with Crippen LogP contribution in [0.25, 0.3) is 11.6 Å². The van der Waals surface area contributed by atoms with Crippen molar-refractivity contribution in [1.82, 2.24) is 30.7 Å². The smallest absolute Gasteiger partial charge is 0.493 e. The monoisotopic (exact) mass is 875 g/mol. The van der Waals surface area contributed by atoms with Crippen LogP contribution in [0.1, 0.15) is 64.9 Å². The van der Waals surface area contributed by atoms with E-state index in [0.717, 1.165) is 22.7 Å². The second-order valence-electron chi connectivity index (χ2n) is 14.3. The summed E-state index contributed by atoms with van der Waals surface area (Å²) in [6, 6.07) is 14.4. The third-order valence-corrected chi connectivity index (χ3v) is 11.3. The van der Waals surface area contributed by atoms with E-state index < -0.39 is 57.8 Å². The van der Waals surface area contributed by atoms with Gasteiger partial charge in [-0.05, 0) is 87.3 Å². The molecule has 1 saturated carbocycles. The molecule has 61 heavy (non-hydrogen) atoms. The number of aliphatic hydroxyl groups is 1. The Kier molecular flexibility index (Phi) is 16.1. The van der Waals surface area contributed by atoms with Crippen LogP contribution in [0.3, 0.4) is 0 Å². The number of carbonyl (C=O) groups excluding carboxylic acids is 1. The maximum absolute atomic E-state index is 15.1. The van der Waals surface area contributed by atoms with E-state index in [1.165, 1.54) is 45.5 Å². The van der Waals surface area contributed by atoms with Crippen LogP contribution in [0.4, 0.5) is 10.6 Å². The largest absolute Gasteiger partial charge is 0.510 e. The van der Waals surface area contributed by atoms with Gasteiger partial charge in [0.1, 0.15) is 19.3 Å². The van der Waals surface area contributed by atoms with Gasteiger partial charge in [0.15, 0.2) is 28.9 Å². The average molecular weight is 876 g/mol. The summed E-state index contributed by atoms with van der Waals surface area (Å²) in [5.74, 6) is -1.04. The minimum atomic E-state index is -4.77. The molecule has 4 aromatic rings. The summed E-state index contributed by atoms with van der Waals surface area (Å²) in [5, 5.41) is 44.2. The highest BCUT2D eigenvalue weighted by molar-refractivity contribution is 7.92. The number of methoxy groups -OCH3 is 1. The lowest BCUT2D eigenvalue weighted by molar-refractivity contribution is -0.527. The molecule has 22 nitrogen and oxygen atoms in total. The number of ether oxygens (including phenoxy) is 5. The molecule has 5 rings (SSSR count). The molecule has 2 aromatic heterocycles. The van der Waals surface area contributed by atoms with Crippen molar-refractivity contribution in [3.63, 3.8) is 0 Å². The third kappa shape index (κ3) is 12.6. The van der Waals surface area contributed by atoms with Crippen molar-refractivity contribution < 1.29 is 72.5 Å². The highest BCUT2D eigenvalue weighted by Gasteiger charge is 2.46. The Morgan fingerprint density at radius 3 is 2.20 bits per heavy atom. The van der Waals surface area contributed by atoms with E-state index in [1.807, 2.05) is 0 Å². The minimum absolute atomic E-state index is 0.0295. The van der Waals surface area contributed by atoms with E-state index in [4.69, 9.17) is 49.4 Å². The predicted molar refractivity (Wildman–Crippen MR) is 208 cm³/mol. The summed E-state index contributed by atoms with van der Waals surface area (Å²) in [6.07, 6.45) is 3.74. The third-order valence-electron chi connectivity index (χ3n) is 9.31. The number of unbranched alkanes of at least 4 members (excludes halogenated alkanes) is 2.